The first-order valence-electron chi connectivity index (χ1n) is 13.1. The zero-order chi connectivity index (χ0) is 25.6. The number of nitrogens with zero attached hydrogens (tertiary/aromatic N) is 7. The summed E-state index contributed by atoms with van der Waals surface area (Å²) in [5, 5.41) is 9.31. The number of aryl methyl sites for hydroxylation is 2. The average Bonchev–Trinajstić information content (AvgIpc) is 3.13. The Kier molecular flexibility index (Phi) is 4.85. The van der Waals surface area contributed by atoms with Gasteiger partial charge in [0.05, 0.1) is 23.3 Å². The minimum absolute atomic E-state index is 0.200. The van der Waals surface area contributed by atoms with E-state index in [1.807, 2.05) is 6.92 Å². The van der Waals surface area contributed by atoms with Gasteiger partial charge in [-0.25, -0.2) is 4.98 Å². The predicted octanol–water partition coefficient (Wildman–Crippen LogP) is 4.86. The summed E-state index contributed by atoms with van der Waals surface area (Å²) in [7, 11) is 0. The van der Waals surface area contributed by atoms with Crippen LogP contribution in [0, 0.1) is 19.3 Å². The van der Waals surface area contributed by atoms with E-state index in [0.717, 1.165) is 65.9 Å². The molecule has 5 aliphatic rings. The van der Waals surface area contributed by atoms with Crippen LogP contribution < -0.4 is 4.90 Å². The highest BCUT2D eigenvalue weighted by Crippen LogP contribution is 2.75. The summed E-state index contributed by atoms with van der Waals surface area (Å²) >= 11 is 0. The SMILES string of the molecule is Cc1ccc2c(c1)CN(C13CC(C(F)(F)F)(C1)C3)Cc1nnc(C3CCN(c4nccnc4C)CC3)n1-2. The van der Waals surface area contributed by atoms with Gasteiger partial charge in [-0.15, -0.1) is 10.2 Å². The number of alkyl halides is 3. The van der Waals surface area contributed by atoms with Gasteiger partial charge in [0.15, 0.2) is 5.82 Å². The van der Waals surface area contributed by atoms with Gasteiger partial charge < -0.3 is 4.90 Å². The summed E-state index contributed by atoms with van der Waals surface area (Å²) in [6, 6.07) is 6.40. The molecule has 10 heteroatoms. The van der Waals surface area contributed by atoms with E-state index in [1.54, 1.807) is 12.4 Å². The van der Waals surface area contributed by atoms with E-state index in [2.05, 4.69) is 59.7 Å². The van der Waals surface area contributed by atoms with Crippen molar-refractivity contribution in [2.45, 2.75) is 76.7 Å². The van der Waals surface area contributed by atoms with Crippen molar-refractivity contribution in [3.05, 3.63) is 59.1 Å². The third-order valence-electron chi connectivity index (χ3n) is 9.21. The number of halogens is 3. The molecule has 0 atom stereocenters. The third-order valence-corrected chi connectivity index (χ3v) is 9.21. The van der Waals surface area contributed by atoms with E-state index >= 15 is 0 Å². The van der Waals surface area contributed by atoms with Gasteiger partial charge in [0, 0.05) is 43.5 Å². The number of aromatic nitrogens is 5. The number of piperidine rings is 1. The topological polar surface area (TPSA) is 63.0 Å². The van der Waals surface area contributed by atoms with E-state index in [1.165, 1.54) is 0 Å². The highest BCUT2D eigenvalue weighted by atomic mass is 19.4. The van der Waals surface area contributed by atoms with Crippen molar-refractivity contribution < 1.29 is 13.2 Å². The highest BCUT2D eigenvalue weighted by molar-refractivity contribution is 5.47. The van der Waals surface area contributed by atoms with Crippen LogP contribution in [-0.2, 0) is 13.1 Å². The van der Waals surface area contributed by atoms with E-state index < -0.39 is 11.6 Å². The minimum atomic E-state index is -4.11. The van der Waals surface area contributed by atoms with Crippen LogP contribution in [0.5, 0.6) is 0 Å². The van der Waals surface area contributed by atoms with Gasteiger partial charge in [-0.1, -0.05) is 17.7 Å². The Balaban J connectivity index is 1.18. The maximum Gasteiger partial charge on any atom is 0.394 e. The van der Waals surface area contributed by atoms with Crippen LogP contribution in [0.3, 0.4) is 0 Å². The van der Waals surface area contributed by atoms with Gasteiger partial charge in [-0.2, -0.15) is 13.2 Å². The second kappa shape index (κ2) is 7.75. The van der Waals surface area contributed by atoms with E-state index in [4.69, 9.17) is 0 Å². The van der Waals surface area contributed by atoms with Crippen LogP contribution in [0.1, 0.15) is 66.5 Å². The molecule has 8 rings (SSSR count). The molecule has 0 N–H and O–H groups in total. The second-order valence-corrected chi connectivity index (χ2v) is 11.6. The largest absolute Gasteiger partial charge is 0.394 e. The first-order valence-corrected chi connectivity index (χ1v) is 13.1. The Morgan fingerprint density at radius 1 is 0.946 bits per heavy atom. The van der Waals surface area contributed by atoms with E-state index in [9.17, 15) is 13.2 Å². The Labute approximate surface area is 213 Å². The lowest BCUT2D eigenvalue weighted by molar-refractivity contribution is -0.364. The van der Waals surface area contributed by atoms with Crippen molar-refractivity contribution in [1.29, 1.82) is 0 Å². The van der Waals surface area contributed by atoms with E-state index in [-0.39, 0.29) is 30.7 Å². The number of hydrogen-bond acceptors (Lipinski definition) is 6. The predicted molar refractivity (Wildman–Crippen MR) is 131 cm³/mol. The van der Waals surface area contributed by atoms with Crippen LogP contribution in [0.4, 0.5) is 19.0 Å². The fourth-order valence-corrected chi connectivity index (χ4v) is 7.22. The average molecular weight is 510 g/mol. The summed E-state index contributed by atoms with van der Waals surface area (Å²) in [4.78, 5) is 13.5. The summed E-state index contributed by atoms with van der Waals surface area (Å²) < 4.78 is 43.0. The Bertz CT molecular complexity index is 1350. The normalized spacial score (nSPS) is 27.6. The molecule has 4 heterocycles. The number of hydrogen-bond donors (Lipinski definition) is 0. The molecule has 1 aromatic carbocycles. The van der Waals surface area contributed by atoms with E-state index in [0.29, 0.717) is 13.1 Å². The Hall–Kier alpha value is -3.01. The van der Waals surface area contributed by atoms with Crippen LogP contribution in [0.25, 0.3) is 5.69 Å². The van der Waals surface area contributed by atoms with Crippen molar-refractivity contribution >= 4 is 5.82 Å². The van der Waals surface area contributed by atoms with Crippen LogP contribution in [-0.4, -0.2) is 54.4 Å². The number of rotatable bonds is 3. The summed E-state index contributed by atoms with van der Waals surface area (Å²) in [5.74, 6) is 2.98. The second-order valence-electron chi connectivity index (χ2n) is 11.6. The number of fused-ring (bicyclic) bond motifs is 3. The lowest BCUT2D eigenvalue weighted by atomic mass is 9.38. The molecule has 194 valence electrons. The van der Waals surface area contributed by atoms with Crippen LogP contribution >= 0.6 is 0 Å². The number of anilines is 1. The molecule has 1 saturated heterocycles. The van der Waals surface area contributed by atoms with Gasteiger partial charge in [0.25, 0.3) is 0 Å². The summed E-state index contributed by atoms with van der Waals surface area (Å²) in [5.41, 5.74) is 2.43. The molecule has 3 aliphatic carbocycles. The molecular formula is C27H30F3N7. The molecule has 0 radical (unpaired) electrons. The van der Waals surface area contributed by atoms with Crippen molar-refractivity contribution in [1.82, 2.24) is 29.6 Å². The quantitative estimate of drug-likeness (QED) is 0.503. The molecule has 4 fully saturated rings. The van der Waals surface area contributed by atoms with Crippen molar-refractivity contribution in [2.24, 2.45) is 5.41 Å². The molecule has 0 spiro atoms. The zero-order valence-electron chi connectivity index (χ0n) is 21.1. The fourth-order valence-electron chi connectivity index (χ4n) is 7.22. The molecular weight excluding hydrogens is 479 g/mol. The zero-order valence-corrected chi connectivity index (χ0v) is 21.1. The Morgan fingerprint density at radius 2 is 1.68 bits per heavy atom. The smallest absolute Gasteiger partial charge is 0.355 e. The highest BCUT2D eigenvalue weighted by Gasteiger charge is 2.79. The fraction of sp³-hybridized carbons (Fsp3) is 0.556. The molecule has 0 amide bonds. The van der Waals surface area contributed by atoms with Gasteiger partial charge in [0.2, 0.25) is 0 Å². The van der Waals surface area contributed by atoms with Gasteiger partial charge in [0.1, 0.15) is 11.6 Å². The summed E-state index contributed by atoms with van der Waals surface area (Å²) in [6.07, 6.45) is 1.80. The Morgan fingerprint density at radius 3 is 2.38 bits per heavy atom. The standard InChI is InChI=1S/C27H30F3N7/c1-17-3-4-21-20(11-17)12-36(26-14-25(15-26,16-26)27(28,29)30)13-22-33-34-24(37(21)22)19-5-9-35(10-6-19)23-18(2)31-7-8-32-23/h3-4,7-8,11,19H,5-6,9-10,12-16H2,1-2H3. The number of benzene rings is 1. The van der Waals surface area contributed by atoms with Gasteiger partial charge >= 0.3 is 6.18 Å². The van der Waals surface area contributed by atoms with Gasteiger partial charge in [-0.05, 0) is 57.6 Å². The van der Waals surface area contributed by atoms with Gasteiger partial charge in [-0.3, -0.25) is 14.5 Å². The molecule has 0 unspecified atom stereocenters. The van der Waals surface area contributed by atoms with Crippen molar-refractivity contribution in [2.75, 3.05) is 18.0 Å². The first kappa shape index (κ1) is 23.1. The van der Waals surface area contributed by atoms with Crippen LogP contribution in [0.15, 0.2) is 30.6 Å². The van der Waals surface area contributed by atoms with Crippen LogP contribution in [0.2, 0.25) is 0 Å². The molecule has 2 aromatic heterocycles. The van der Waals surface area contributed by atoms with Crippen molar-refractivity contribution in [3.63, 3.8) is 0 Å². The third kappa shape index (κ3) is 3.37. The molecule has 2 bridgehead atoms. The van der Waals surface area contributed by atoms with Crippen molar-refractivity contribution in [3.8, 4) is 5.69 Å². The monoisotopic (exact) mass is 509 g/mol. The minimum Gasteiger partial charge on any atom is -0.355 e. The molecule has 7 nitrogen and oxygen atoms in total. The maximum atomic E-state index is 13.6. The molecule has 3 saturated carbocycles. The maximum absolute atomic E-state index is 13.6. The first-order chi connectivity index (χ1) is 17.7. The molecule has 3 aromatic rings. The lowest BCUT2D eigenvalue weighted by Gasteiger charge is -2.73. The molecule has 2 aliphatic heterocycles. The summed E-state index contributed by atoms with van der Waals surface area (Å²) in [6.45, 7) is 6.93. The molecule has 37 heavy (non-hydrogen) atoms. The lowest BCUT2D eigenvalue weighted by Crippen LogP contribution is -2.78.